The second-order valence-electron chi connectivity index (χ2n) is 4.19. The van der Waals surface area contributed by atoms with Gasteiger partial charge in [0.15, 0.2) is 5.78 Å². The molecule has 0 heterocycles. The Morgan fingerprint density at radius 2 is 1.88 bits per heavy atom. The second kappa shape index (κ2) is 6.04. The molecule has 0 saturated carbocycles. The first-order chi connectivity index (χ1) is 7.54. The maximum atomic E-state index is 12.0. The SMILES string of the molecule is COc1ccc(C(=O)[C@H](Br)CC(C)C)cc1. The van der Waals surface area contributed by atoms with Crippen LogP contribution in [0.15, 0.2) is 24.3 Å². The zero-order valence-electron chi connectivity index (χ0n) is 9.87. The zero-order chi connectivity index (χ0) is 12.1. The van der Waals surface area contributed by atoms with Crippen molar-refractivity contribution < 1.29 is 9.53 Å². The predicted octanol–water partition coefficient (Wildman–Crippen LogP) is 3.69. The normalized spacial score (nSPS) is 12.6. The molecule has 0 spiro atoms. The van der Waals surface area contributed by atoms with Gasteiger partial charge < -0.3 is 4.74 Å². The Labute approximate surface area is 105 Å². The Kier molecular flexibility index (Phi) is 5.00. The lowest BCUT2D eigenvalue weighted by Gasteiger charge is -2.11. The number of methoxy groups -OCH3 is 1. The van der Waals surface area contributed by atoms with Gasteiger partial charge in [-0.3, -0.25) is 4.79 Å². The molecule has 3 heteroatoms. The van der Waals surface area contributed by atoms with Crippen LogP contribution < -0.4 is 4.74 Å². The number of halogens is 1. The first kappa shape index (κ1) is 13.2. The maximum Gasteiger partial charge on any atom is 0.176 e. The van der Waals surface area contributed by atoms with Crippen LogP contribution in [0.1, 0.15) is 30.6 Å². The largest absolute Gasteiger partial charge is 0.497 e. The van der Waals surface area contributed by atoms with Crippen LogP contribution in [0.4, 0.5) is 0 Å². The van der Waals surface area contributed by atoms with E-state index in [9.17, 15) is 4.79 Å². The van der Waals surface area contributed by atoms with Crippen molar-refractivity contribution in [3.8, 4) is 5.75 Å². The zero-order valence-corrected chi connectivity index (χ0v) is 11.5. The maximum absolute atomic E-state index is 12.0. The van der Waals surface area contributed by atoms with Crippen LogP contribution in [0.2, 0.25) is 0 Å². The molecule has 0 fully saturated rings. The lowest BCUT2D eigenvalue weighted by molar-refractivity contribution is 0.0984. The molecule has 0 unspecified atom stereocenters. The third-order valence-electron chi connectivity index (χ3n) is 2.34. The van der Waals surface area contributed by atoms with Crippen molar-refractivity contribution in [3.63, 3.8) is 0 Å². The number of hydrogen-bond donors (Lipinski definition) is 0. The number of carbonyl (C=O) groups is 1. The molecule has 0 aliphatic heterocycles. The summed E-state index contributed by atoms with van der Waals surface area (Å²) in [6.45, 7) is 4.21. The number of benzene rings is 1. The summed E-state index contributed by atoms with van der Waals surface area (Å²) < 4.78 is 5.05. The number of Topliss-reactive ketones (excluding diaryl/α,β-unsaturated/α-hetero) is 1. The van der Waals surface area contributed by atoms with E-state index in [2.05, 4.69) is 29.8 Å². The number of hydrogen-bond acceptors (Lipinski definition) is 2. The van der Waals surface area contributed by atoms with Crippen molar-refractivity contribution in [1.82, 2.24) is 0 Å². The summed E-state index contributed by atoms with van der Waals surface area (Å²) in [4.78, 5) is 11.9. The fourth-order valence-corrected chi connectivity index (χ4v) is 2.47. The quantitative estimate of drug-likeness (QED) is 0.609. The molecular formula is C13H17BrO2. The van der Waals surface area contributed by atoms with E-state index in [1.54, 1.807) is 19.2 Å². The number of ether oxygens (including phenoxy) is 1. The van der Waals surface area contributed by atoms with Crippen molar-refractivity contribution in [1.29, 1.82) is 0 Å². The highest BCUT2D eigenvalue weighted by atomic mass is 79.9. The first-order valence-electron chi connectivity index (χ1n) is 5.37. The van der Waals surface area contributed by atoms with E-state index in [0.717, 1.165) is 17.7 Å². The molecular weight excluding hydrogens is 268 g/mol. The van der Waals surface area contributed by atoms with Gasteiger partial charge in [-0.15, -0.1) is 0 Å². The van der Waals surface area contributed by atoms with Gasteiger partial charge in [0.2, 0.25) is 0 Å². The minimum atomic E-state index is -0.0964. The molecule has 0 radical (unpaired) electrons. The van der Waals surface area contributed by atoms with Gasteiger partial charge in [0, 0.05) is 5.56 Å². The smallest absolute Gasteiger partial charge is 0.176 e. The van der Waals surface area contributed by atoms with Gasteiger partial charge in [0.25, 0.3) is 0 Å². The molecule has 0 N–H and O–H groups in total. The van der Waals surface area contributed by atoms with E-state index in [1.165, 1.54) is 0 Å². The summed E-state index contributed by atoms with van der Waals surface area (Å²) in [7, 11) is 1.61. The Hall–Kier alpha value is -0.830. The van der Waals surface area contributed by atoms with Gasteiger partial charge in [-0.2, -0.15) is 0 Å². The Balaban J connectivity index is 2.72. The number of alkyl halides is 1. The van der Waals surface area contributed by atoms with Crippen LogP contribution in [0.3, 0.4) is 0 Å². The molecule has 2 nitrogen and oxygen atoms in total. The predicted molar refractivity (Wildman–Crippen MR) is 69.5 cm³/mol. The molecule has 1 aromatic rings. The van der Waals surface area contributed by atoms with Gasteiger partial charge in [-0.05, 0) is 36.6 Å². The minimum Gasteiger partial charge on any atom is -0.497 e. The fraction of sp³-hybridized carbons (Fsp3) is 0.462. The number of carbonyl (C=O) groups excluding carboxylic acids is 1. The summed E-state index contributed by atoms with van der Waals surface area (Å²) >= 11 is 3.44. The van der Waals surface area contributed by atoms with Gasteiger partial charge in [0.05, 0.1) is 11.9 Å². The van der Waals surface area contributed by atoms with E-state index in [-0.39, 0.29) is 10.6 Å². The van der Waals surface area contributed by atoms with Crippen LogP contribution in [-0.2, 0) is 0 Å². The van der Waals surface area contributed by atoms with E-state index >= 15 is 0 Å². The molecule has 0 saturated heterocycles. The lowest BCUT2D eigenvalue weighted by Crippen LogP contribution is -2.16. The molecule has 0 aliphatic carbocycles. The second-order valence-corrected chi connectivity index (χ2v) is 5.30. The Morgan fingerprint density at radius 3 is 2.31 bits per heavy atom. The Bertz CT molecular complexity index is 343. The summed E-state index contributed by atoms with van der Waals surface area (Å²) in [5, 5.41) is 0. The lowest BCUT2D eigenvalue weighted by atomic mass is 10.0. The molecule has 0 bridgehead atoms. The summed E-state index contributed by atoms with van der Waals surface area (Å²) in [6.07, 6.45) is 0.852. The van der Waals surface area contributed by atoms with Gasteiger partial charge in [0.1, 0.15) is 5.75 Å². The Morgan fingerprint density at radius 1 is 1.31 bits per heavy atom. The van der Waals surface area contributed by atoms with E-state index in [0.29, 0.717) is 5.92 Å². The summed E-state index contributed by atoms with van der Waals surface area (Å²) in [6, 6.07) is 7.22. The molecule has 88 valence electrons. The van der Waals surface area contributed by atoms with Crippen LogP contribution in [0.5, 0.6) is 5.75 Å². The minimum absolute atomic E-state index is 0.0964. The highest BCUT2D eigenvalue weighted by Crippen LogP contribution is 2.19. The fourth-order valence-electron chi connectivity index (χ4n) is 1.46. The van der Waals surface area contributed by atoms with Crippen molar-refractivity contribution >= 4 is 21.7 Å². The van der Waals surface area contributed by atoms with E-state index in [4.69, 9.17) is 4.74 Å². The first-order valence-corrected chi connectivity index (χ1v) is 6.28. The third-order valence-corrected chi connectivity index (χ3v) is 3.13. The van der Waals surface area contributed by atoms with E-state index in [1.807, 2.05) is 12.1 Å². The molecule has 1 rings (SSSR count). The average Bonchev–Trinajstić information content (AvgIpc) is 2.27. The van der Waals surface area contributed by atoms with Gasteiger partial charge >= 0.3 is 0 Å². The summed E-state index contributed by atoms with van der Waals surface area (Å²) in [5.74, 6) is 1.41. The highest BCUT2D eigenvalue weighted by molar-refractivity contribution is 9.10. The molecule has 1 atom stereocenters. The molecule has 0 aromatic heterocycles. The van der Waals surface area contributed by atoms with Crippen LogP contribution in [0, 0.1) is 5.92 Å². The standard InChI is InChI=1S/C13H17BrO2/c1-9(2)8-12(14)13(15)10-4-6-11(16-3)7-5-10/h4-7,9,12H,8H2,1-3H3/t12-/m1/s1. The third kappa shape index (κ3) is 3.63. The van der Waals surface area contributed by atoms with Crippen LogP contribution in [0.25, 0.3) is 0 Å². The van der Waals surface area contributed by atoms with Crippen molar-refractivity contribution in [2.45, 2.75) is 25.1 Å². The van der Waals surface area contributed by atoms with Crippen LogP contribution >= 0.6 is 15.9 Å². The van der Waals surface area contributed by atoms with Gasteiger partial charge in [-0.1, -0.05) is 29.8 Å². The van der Waals surface area contributed by atoms with Crippen molar-refractivity contribution in [2.24, 2.45) is 5.92 Å². The molecule has 1 aromatic carbocycles. The average molecular weight is 285 g/mol. The molecule has 0 aliphatic rings. The van der Waals surface area contributed by atoms with E-state index < -0.39 is 0 Å². The monoisotopic (exact) mass is 284 g/mol. The molecule has 16 heavy (non-hydrogen) atoms. The molecule has 0 amide bonds. The topological polar surface area (TPSA) is 26.3 Å². The number of rotatable bonds is 5. The summed E-state index contributed by atoms with van der Waals surface area (Å²) in [5.41, 5.74) is 0.725. The highest BCUT2D eigenvalue weighted by Gasteiger charge is 2.17. The van der Waals surface area contributed by atoms with Crippen LogP contribution in [-0.4, -0.2) is 17.7 Å². The van der Waals surface area contributed by atoms with Gasteiger partial charge in [-0.25, -0.2) is 0 Å². The van der Waals surface area contributed by atoms with Crippen molar-refractivity contribution in [2.75, 3.05) is 7.11 Å². The number of ketones is 1. The van der Waals surface area contributed by atoms with Crippen molar-refractivity contribution in [3.05, 3.63) is 29.8 Å².